The van der Waals surface area contributed by atoms with Gasteiger partial charge in [0.2, 0.25) is 0 Å². The number of hydrogen-bond donors (Lipinski definition) is 1. The molecule has 0 saturated carbocycles. The molecule has 5 nitrogen and oxygen atoms in total. The molecule has 1 heterocycles. The lowest BCUT2D eigenvalue weighted by atomic mass is 9.97. The van der Waals surface area contributed by atoms with Gasteiger partial charge in [-0.1, -0.05) is 58.2 Å². The van der Waals surface area contributed by atoms with E-state index in [2.05, 4.69) is 43.9 Å². The summed E-state index contributed by atoms with van der Waals surface area (Å²) in [5, 5.41) is 0. The fraction of sp³-hybridized carbons (Fsp3) is 0.500. The molecule has 0 unspecified atom stereocenters. The molecule has 0 aromatic heterocycles. The van der Waals surface area contributed by atoms with E-state index in [1.54, 1.807) is 0 Å². The van der Waals surface area contributed by atoms with Gasteiger partial charge in [0.05, 0.1) is 17.1 Å². The molecule has 2 aromatic carbocycles. The summed E-state index contributed by atoms with van der Waals surface area (Å²) in [7, 11) is -3.99. The third kappa shape index (κ3) is 5.16. The van der Waals surface area contributed by atoms with Crippen LogP contribution in [0.15, 0.2) is 30.3 Å². The second kappa shape index (κ2) is 9.84. The van der Waals surface area contributed by atoms with E-state index in [4.69, 9.17) is 4.74 Å². The largest absolute Gasteiger partial charge is 0.453 e. The van der Waals surface area contributed by atoms with Crippen LogP contribution < -0.4 is 9.64 Å². The Hall–Kier alpha value is -2.05. The number of aryl methyl sites for hydroxylation is 3. The molecule has 0 bridgehead atoms. The number of fused-ring (bicyclic) bond motifs is 2. The zero-order valence-electron chi connectivity index (χ0n) is 18.3. The molecule has 0 radical (unpaired) electrons. The lowest BCUT2D eigenvalue weighted by molar-refractivity contribution is 0.464. The summed E-state index contributed by atoms with van der Waals surface area (Å²) in [5.41, 5.74) is 5.71. The van der Waals surface area contributed by atoms with Crippen LogP contribution in [0.5, 0.6) is 11.5 Å². The standard InChI is InChI=1S/C24H33NO4S/c1-4-9-18-16-20(11-6-3)24-21(17-18)25(14-8-15-30(26,27)28)23-19(10-5-2)12-7-13-22(23)29-24/h7,12-13,16-17H,4-6,8-11,14-15H2,1-3H3,(H,26,27,28). The van der Waals surface area contributed by atoms with Crippen molar-refractivity contribution < 1.29 is 17.7 Å². The van der Waals surface area contributed by atoms with E-state index in [-0.39, 0.29) is 5.75 Å². The molecule has 0 atom stereocenters. The monoisotopic (exact) mass is 431 g/mol. The summed E-state index contributed by atoms with van der Waals surface area (Å²) >= 11 is 0. The molecule has 0 saturated heterocycles. The summed E-state index contributed by atoms with van der Waals surface area (Å²) in [5.74, 6) is 1.45. The van der Waals surface area contributed by atoms with Crippen molar-refractivity contribution in [2.75, 3.05) is 17.2 Å². The van der Waals surface area contributed by atoms with Crippen LogP contribution in [0.1, 0.15) is 63.1 Å². The number of para-hydroxylation sites is 1. The van der Waals surface area contributed by atoms with Crippen molar-refractivity contribution in [3.63, 3.8) is 0 Å². The van der Waals surface area contributed by atoms with E-state index < -0.39 is 10.1 Å². The van der Waals surface area contributed by atoms with Crippen LogP contribution in [0.2, 0.25) is 0 Å². The van der Waals surface area contributed by atoms with Gasteiger partial charge in [-0.3, -0.25) is 4.55 Å². The summed E-state index contributed by atoms with van der Waals surface area (Å²) in [6.45, 7) is 7.00. The number of nitrogens with zero attached hydrogens (tertiary/aromatic N) is 1. The van der Waals surface area contributed by atoms with Crippen molar-refractivity contribution in [1.29, 1.82) is 0 Å². The maximum atomic E-state index is 11.3. The molecule has 0 fully saturated rings. The molecule has 0 amide bonds. The van der Waals surface area contributed by atoms with Crippen molar-refractivity contribution in [1.82, 2.24) is 0 Å². The Bertz CT molecular complexity index is 985. The summed E-state index contributed by atoms with van der Waals surface area (Å²) in [4.78, 5) is 2.21. The highest BCUT2D eigenvalue weighted by Crippen LogP contribution is 2.50. The van der Waals surface area contributed by atoms with E-state index in [1.165, 1.54) is 16.7 Å². The summed E-state index contributed by atoms with van der Waals surface area (Å²) in [6.07, 6.45) is 6.29. The van der Waals surface area contributed by atoms with Gasteiger partial charge in [-0.15, -0.1) is 0 Å². The third-order valence-electron chi connectivity index (χ3n) is 5.42. The quantitative estimate of drug-likeness (QED) is 0.463. The highest BCUT2D eigenvalue weighted by molar-refractivity contribution is 7.85. The van der Waals surface area contributed by atoms with Crippen LogP contribution in [0.25, 0.3) is 0 Å². The van der Waals surface area contributed by atoms with Gasteiger partial charge in [0.25, 0.3) is 10.1 Å². The Morgan fingerprint density at radius 1 is 0.967 bits per heavy atom. The highest BCUT2D eigenvalue weighted by atomic mass is 32.2. The predicted molar refractivity (Wildman–Crippen MR) is 123 cm³/mol. The molecule has 3 rings (SSSR count). The Kier molecular flexibility index (Phi) is 7.42. The molecule has 6 heteroatoms. The van der Waals surface area contributed by atoms with Crippen molar-refractivity contribution in [3.05, 3.63) is 47.0 Å². The Morgan fingerprint density at radius 3 is 2.33 bits per heavy atom. The Balaban J connectivity index is 2.12. The van der Waals surface area contributed by atoms with E-state index in [1.807, 2.05) is 12.1 Å². The molecule has 30 heavy (non-hydrogen) atoms. The zero-order chi connectivity index (χ0) is 21.7. The van der Waals surface area contributed by atoms with Gasteiger partial charge in [0.15, 0.2) is 11.5 Å². The van der Waals surface area contributed by atoms with Gasteiger partial charge in [-0.05, 0) is 54.5 Å². The number of rotatable bonds is 10. The van der Waals surface area contributed by atoms with Crippen LogP contribution in [-0.4, -0.2) is 25.3 Å². The van der Waals surface area contributed by atoms with Gasteiger partial charge in [0.1, 0.15) is 0 Å². The number of ether oxygens (including phenoxy) is 1. The number of benzene rings is 2. The van der Waals surface area contributed by atoms with Crippen LogP contribution in [0.3, 0.4) is 0 Å². The molecular formula is C24H33NO4S. The lowest BCUT2D eigenvalue weighted by Gasteiger charge is -2.36. The van der Waals surface area contributed by atoms with Gasteiger partial charge in [-0.25, -0.2) is 0 Å². The van der Waals surface area contributed by atoms with Crippen molar-refractivity contribution in [2.45, 2.75) is 65.7 Å². The van der Waals surface area contributed by atoms with Gasteiger partial charge in [-0.2, -0.15) is 8.42 Å². The molecule has 2 aromatic rings. The first-order valence-electron chi connectivity index (χ1n) is 11.1. The minimum Gasteiger partial charge on any atom is -0.453 e. The van der Waals surface area contributed by atoms with Gasteiger partial charge in [0, 0.05) is 6.54 Å². The number of anilines is 2. The minimum atomic E-state index is -3.99. The first kappa shape index (κ1) is 22.6. The van der Waals surface area contributed by atoms with E-state index in [0.717, 1.165) is 61.4 Å². The average Bonchev–Trinajstić information content (AvgIpc) is 2.68. The molecule has 0 spiro atoms. The molecule has 1 N–H and O–H groups in total. The Labute approximate surface area is 180 Å². The molecule has 164 valence electrons. The highest BCUT2D eigenvalue weighted by Gasteiger charge is 2.29. The first-order valence-corrected chi connectivity index (χ1v) is 12.7. The molecular weight excluding hydrogens is 398 g/mol. The summed E-state index contributed by atoms with van der Waals surface area (Å²) < 4.78 is 38.3. The molecule has 1 aliphatic heterocycles. The smallest absolute Gasteiger partial charge is 0.264 e. The van der Waals surface area contributed by atoms with Crippen LogP contribution in [0, 0.1) is 0 Å². The third-order valence-corrected chi connectivity index (χ3v) is 6.23. The van der Waals surface area contributed by atoms with E-state index in [9.17, 15) is 13.0 Å². The Morgan fingerprint density at radius 2 is 1.67 bits per heavy atom. The topological polar surface area (TPSA) is 66.8 Å². The molecule has 1 aliphatic rings. The maximum Gasteiger partial charge on any atom is 0.264 e. The minimum absolute atomic E-state index is 0.249. The molecule has 0 aliphatic carbocycles. The van der Waals surface area contributed by atoms with E-state index >= 15 is 0 Å². The average molecular weight is 432 g/mol. The predicted octanol–water partition coefficient (Wildman–Crippen LogP) is 6.07. The second-order valence-corrected chi connectivity index (χ2v) is 9.58. The van der Waals surface area contributed by atoms with Crippen molar-refractivity contribution in [2.24, 2.45) is 0 Å². The summed E-state index contributed by atoms with van der Waals surface area (Å²) in [6, 6.07) is 10.6. The SMILES string of the molecule is CCCc1cc(CCC)c2c(c1)N(CCCS(=O)(=O)O)c1c(CCC)cccc1O2. The lowest BCUT2D eigenvalue weighted by Crippen LogP contribution is -2.26. The maximum absolute atomic E-state index is 11.3. The van der Waals surface area contributed by atoms with Crippen LogP contribution >= 0.6 is 0 Å². The van der Waals surface area contributed by atoms with Gasteiger partial charge < -0.3 is 9.64 Å². The van der Waals surface area contributed by atoms with Crippen molar-refractivity contribution >= 4 is 21.5 Å². The van der Waals surface area contributed by atoms with Crippen LogP contribution in [0.4, 0.5) is 11.4 Å². The van der Waals surface area contributed by atoms with Gasteiger partial charge >= 0.3 is 0 Å². The second-order valence-electron chi connectivity index (χ2n) is 8.01. The fourth-order valence-corrected chi connectivity index (χ4v) is 4.73. The first-order chi connectivity index (χ1) is 14.4. The van der Waals surface area contributed by atoms with Crippen LogP contribution in [-0.2, 0) is 29.4 Å². The normalized spacial score (nSPS) is 13.0. The van der Waals surface area contributed by atoms with E-state index in [0.29, 0.717) is 13.0 Å². The zero-order valence-corrected chi connectivity index (χ0v) is 19.1. The number of hydrogen-bond acceptors (Lipinski definition) is 4. The van der Waals surface area contributed by atoms with Crippen molar-refractivity contribution in [3.8, 4) is 11.5 Å². The fourth-order valence-electron chi connectivity index (χ4n) is 4.24.